The van der Waals surface area contributed by atoms with Gasteiger partial charge in [0.25, 0.3) is 0 Å². The number of nitrogens with zero attached hydrogens (tertiary/aromatic N) is 1. The summed E-state index contributed by atoms with van der Waals surface area (Å²) in [5, 5.41) is 50.0. The fourth-order valence-electron chi connectivity index (χ4n) is 6.54. The van der Waals surface area contributed by atoms with Crippen LogP contribution in [0.5, 0.6) is 11.5 Å². The summed E-state index contributed by atoms with van der Waals surface area (Å²) in [6, 6.07) is 1.79. The summed E-state index contributed by atoms with van der Waals surface area (Å²) in [6.07, 6.45) is -1.14. The van der Waals surface area contributed by atoms with E-state index in [1.807, 2.05) is 0 Å². The topological polar surface area (TPSA) is 350 Å². The van der Waals surface area contributed by atoms with Gasteiger partial charge in [0.1, 0.15) is 47.8 Å². The number of likely N-dealkylation sites (tertiary alicyclic amines) is 1. The van der Waals surface area contributed by atoms with Crippen LogP contribution in [-0.2, 0) is 56.0 Å². The van der Waals surface area contributed by atoms with Crippen LogP contribution in [0.1, 0.15) is 64.0 Å². The highest BCUT2D eigenvalue weighted by Crippen LogP contribution is 2.20. The maximum atomic E-state index is 13.5. The molecule has 3 rings (SSSR count). The van der Waals surface area contributed by atoms with Gasteiger partial charge in [-0.05, 0) is 73.9 Å². The SMILES string of the molecule is CC(C)C[C@H](NC(=O)[C@H](C)NC(=O)[C@H](CC(N)=O)NC(=O)[C@@H]1CCCN1C(=O)[C@@H](N)Cc1ccc(O)cc1)C(=O)N[C@@H](CC(=O)O)C(=O)N[C@@H](Cc1ccc(O)cc1)C(=O)O. The molecule has 0 bridgehead atoms. The lowest BCUT2D eigenvalue weighted by molar-refractivity contribution is -0.143. The maximum absolute atomic E-state index is 13.5. The first-order chi connectivity index (χ1) is 28.6. The Balaban J connectivity index is 1.68. The Morgan fingerprint density at radius 3 is 1.69 bits per heavy atom. The van der Waals surface area contributed by atoms with Crippen molar-refractivity contribution < 1.29 is 63.6 Å². The Kier molecular flexibility index (Phi) is 18.0. The fourth-order valence-corrected chi connectivity index (χ4v) is 6.54. The fraction of sp³-hybridized carbons (Fsp3) is 0.475. The predicted molar refractivity (Wildman–Crippen MR) is 215 cm³/mol. The molecule has 0 spiro atoms. The van der Waals surface area contributed by atoms with Crippen molar-refractivity contribution in [1.82, 2.24) is 31.5 Å². The molecule has 1 aliphatic rings. The van der Waals surface area contributed by atoms with Crippen molar-refractivity contribution >= 4 is 53.3 Å². The molecule has 1 aliphatic heterocycles. The van der Waals surface area contributed by atoms with E-state index in [0.717, 1.165) is 0 Å². The zero-order valence-corrected chi connectivity index (χ0v) is 34.0. The standard InChI is InChI=1S/C40H54N8O13/c1-20(2)15-27(36(56)45-29(19-33(52)53)37(57)47-30(40(60)61)17-23-8-12-25(50)13-9-23)44-34(54)21(3)43-35(55)28(18-32(42)51)46-38(58)31-5-4-14-48(31)39(59)26(41)16-22-6-10-24(49)11-7-22/h6-13,20-21,26-31,49-50H,4-5,14-19,41H2,1-3H3,(H2,42,51)(H,43,55)(H,44,54)(H,45,56)(H,46,58)(H,47,57)(H,52,53)(H,60,61)/t21-,26-,27-,28-,29-,30-,31-/m0/s1. The van der Waals surface area contributed by atoms with Crippen molar-refractivity contribution in [2.24, 2.45) is 17.4 Å². The summed E-state index contributed by atoms with van der Waals surface area (Å²) in [7, 11) is 0. The number of carboxylic acids is 2. The van der Waals surface area contributed by atoms with E-state index < -0.39 is 108 Å². The number of aromatic hydroxyl groups is 2. The van der Waals surface area contributed by atoms with Crippen molar-refractivity contribution in [3.8, 4) is 11.5 Å². The van der Waals surface area contributed by atoms with Crippen LogP contribution in [0.3, 0.4) is 0 Å². The molecule has 1 heterocycles. The molecule has 21 heteroatoms. The predicted octanol–water partition coefficient (Wildman–Crippen LogP) is -1.87. The average Bonchev–Trinajstić information content (AvgIpc) is 3.68. The number of nitrogens with two attached hydrogens (primary N) is 2. The van der Waals surface area contributed by atoms with E-state index in [4.69, 9.17) is 11.5 Å². The number of phenols is 2. The second kappa shape index (κ2) is 22.6. The molecule has 0 aromatic heterocycles. The molecule has 13 N–H and O–H groups in total. The lowest BCUT2D eigenvalue weighted by Crippen LogP contribution is -2.59. The molecule has 0 saturated carbocycles. The van der Waals surface area contributed by atoms with Crippen molar-refractivity contribution in [1.29, 1.82) is 0 Å². The summed E-state index contributed by atoms with van der Waals surface area (Å²) in [5.41, 5.74) is 12.6. The summed E-state index contributed by atoms with van der Waals surface area (Å²) in [4.78, 5) is 117. The van der Waals surface area contributed by atoms with Crippen molar-refractivity contribution in [2.75, 3.05) is 6.54 Å². The number of hydrogen-bond donors (Lipinski definition) is 11. The van der Waals surface area contributed by atoms with E-state index >= 15 is 0 Å². The van der Waals surface area contributed by atoms with E-state index in [9.17, 15) is 63.6 Å². The highest BCUT2D eigenvalue weighted by atomic mass is 16.4. The van der Waals surface area contributed by atoms with Crippen molar-refractivity contribution in [2.45, 2.75) is 108 Å². The number of carbonyl (C=O) groups excluding carboxylic acids is 7. The lowest BCUT2D eigenvalue weighted by Gasteiger charge is -2.28. The van der Waals surface area contributed by atoms with Crippen LogP contribution in [0.4, 0.5) is 0 Å². The maximum Gasteiger partial charge on any atom is 0.326 e. The molecule has 0 aliphatic carbocycles. The van der Waals surface area contributed by atoms with E-state index in [1.165, 1.54) is 48.2 Å². The van der Waals surface area contributed by atoms with Gasteiger partial charge in [0, 0.05) is 13.0 Å². The van der Waals surface area contributed by atoms with Gasteiger partial charge < -0.3 is 63.4 Å². The summed E-state index contributed by atoms with van der Waals surface area (Å²) < 4.78 is 0. The molecule has 2 aromatic carbocycles. The third kappa shape index (κ3) is 15.4. The lowest BCUT2D eigenvalue weighted by atomic mass is 10.0. The van der Waals surface area contributed by atoms with Crippen LogP contribution in [0.2, 0.25) is 0 Å². The third-order valence-electron chi connectivity index (χ3n) is 9.68. The van der Waals surface area contributed by atoms with Gasteiger partial charge in [-0.15, -0.1) is 0 Å². The molecule has 2 aromatic rings. The van der Waals surface area contributed by atoms with Crippen molar-refractivity contribution in [3.05, 3.63) is 59.7 Å². The second-order valence-corrected chi connectivity index (χ2v) is 15.2. The summed E-state index contributed by atoms with van der Waals surface area (Å²) in [6.45, 7) is 4.86. The summed E-state index contributed by atoms with van der Waals surface area (Å²) in [5.74, 6) is -9.60. The zero-order chi connectivity index (χ0) is 45.6. The number of rotatable bonds is 22. The Morgan fingerprint density at radius 1 is 0.672 bits per heavy atom. The first kappa shape index (κ1) is 48.6. The molecule has 7 atom stereocenters. The molecule has 61 heavy (non-hydrogen) atoms. The molecule has 332 valence electrons. The van der Waals surface area contributed by atoms with Crippen LogP contribution in [0.15, 0.2) is 48.5 Å². The van der Waals surface area contributed by atoms with Gasteiger partial charge in [-0.2, -0.15) is 0 Å². The Labute approximate surface area is 351 Å². The summed E-state index contributed by atoms with van der Waals surface area (Å²) >= 11 is 0. The molecule has 0 radical (unpaired) electrons. The minimum atomic E-state index is -1.78. The number of primary amides is 1. The molecule has 1 saturated heterocycles. The smallest absolute Gasteiger partial charge is 0.326 e. The Morgan fingerprint density at radius 2 is 1.16 bits per heavy atom. The Hall–Kier alpha value is -6.77. The van der Waals surface area contributed by atoms with Gasteiger partial charge >= 0.3 is 11.9 Å². The van der Waals surface area contributed by atoms with Crippen LogP contribution in [0, 0.1) is 5.92 Å². The second-order valence-electron chi connectivity index (χ2n) is 15.2. The van der Waals surface area contributed by atoms with Crippen LogP contribution in [0.25, 0.3) is 0 Å². The number of hydrogen-bond acceptors (Lipinski definition) is 12. The molecule has 0 unspecified atom stereocenters. The van der Waals surface area contributed by atoms with Gasteiger partial charge in [-0.3, -0.25) is 38.4 Å². The van der Waals surface area contributed by atoms with E-state index in [0.29, 0.717) is 17.5 Å². The number of aliphatic carboxylic acids is 2. The third-order valence-corrected chi connectivity index (χ3v) is 9.68. The molecular formula is C40H54N8O13. The van der Waals surface area contributed by atoms with Crippen LogP contribution in [-0.4, -0.2) is 127 Å². The first-order valence-corrected chi connectivity index (χ1v) is 19.5. The number of carbonyl (C=O) groups is 9. The number of amides is 7. The van der Waals surface area contributed by atoms with Crippen LogP contribution < -0.4 is 38.1 Å². The normalized spacial score (nSPS) is 16.5. The van der Waals surface area contributed by atoms with Crippen molar-refractivity contribution in [3.63, 3.8) is 0 Å². The highest BCUT2D eigenvalue weighted by Gasteiger charge is 2.39. The van der Waals surface area contributed by atoms with Gasteiger partial charge in [0.15, 0.2) is 0 Å². The van der Waals surface area contributed by atoms with Gasteiger partial charge in [0.2, 0.25) is 41.4 Å². The van der Waals surface area contributed by atoms with Gasteiger partial charge in [-0.25, -0.2) is 4.79 Å². The number of phenolic OH excluding ortho intramolecular Hbond substituents is 2. The molecular weight excluding hydrogens is 800 g/mol. The minimum absolute atomic E-state index is 0.0339. The number of benzene rings is 2. The number of carboxylic acid groups (broad SMARTS) is 2. The van der Waals surface area contributed by atoms with Crippen LogP contribution >= 0.6 is 0 Å². The highest BCUT2D eigenvalue weighted by molar-refractivity contribution is 5.98. The van der Waals surface area contributed by atoms with E-state index in [1.54, 1.807) is 26.0 Å². The van der Waals surface area contributed by atoms with E-state index in [2.05, 4.69) is 26.6 Å². The largest absolute Gasteiger partial charge is 0.508 e. The zero-order valence-electron chi connectivity index (χ0n) is 34.0. The Bertz CT molecular complexity index is 1930. The molecule has 1 fully saturated rings. The first-order valence-electron chi connectivity index (χ1n) is 19.5. The average molecular weight is 855 g/mol. The molecule has 21 nitrogen and oxygen atoms in total. The quantitative estimate of drug-likeness (QED) is 0.0618. The van der Waals surface area contributed by atoms with Gasteiger partial charge in [0.05, 0.1) is 18.9 Å². The number of nitrogens with one attached hydrogen (secondary N) is 5. The monoisotopic (exact) mass is 854 g/mol. The van der Waals surface area contributed by atoms with Gasteiger partial charge in [-0.1, -0.05) is 38.1 Å². The molecule has 7 amide bonds. The minimum Gasteiger partial charge on any atom is -0.508 e. The van der Waals surface area contributed by atoms with E-state index in [-0.39, 0.29) is 49.6 Å².